The molecule has 0 aliphatic heterocycles. The molecule has 0 atom stereocenters. The lowest BCUT2D eigenvalue weighted by Crippen LogP contribution is -2.04. The Labute approximate surface area is 131 Å². The van der Waals surface area contributed by atoms with Crippen molar-refractivity contribution in [1.82, 2.24) is 0 Å². The van der Waals surface area contributed by atoms with Crippen LogP contribution in [0.2, 0.25) is 0 Å². The van der Waals surface area contributed by atoms with Crippen LogP contribution < -0.4 is 10.1 Å². The van der Waals surface area contributed by atoms with Gasteiger partial charge in [-0.15, -0.1) is 0 Å². The van der Waals surface area contributed by atoms with E-state index in [1.54, 1.807) is 6.08 Å². The molecule has 0 aromatic heterocycles. The Morgan fingerprint density at radius 1 is 1.09 bits per heavy atom. The number of allylic oxidation sites excluding steroid dienone is 2. The minimum atomic E-state index is -0.0162. The van der Waals surface area contributed by atoms with Gasteiger partial charge < -0.3 is 10.1 Å². The van der Waals surface area contributed by atoms with Crippen LogP contribution in [0.25, 0.3) is 0 Å². The SMILES string of the molecule is CCCOc1ccccc1NC(C)=CC(=O)c1ccccc1. The van der Waals surface area contributed by atoms with E-state index in [-0.39, 0.29) is 5.78 Å². The summed E-state index contributed by atoms with van der Waals surface area (Å²) < 4.78 is 5.70. The van der Waals surface area contributed by atoms with Gasteiger partial charge in [0.25, 0.3) is 0 Å². The molecule has 0 fully saturated rings. The second kappa shape index (κ2) is 8.03. The smallest absolute Gasteiger partial charge is 0.187 e. The quantitative estimate of drug-likeness (QED) is 0.595. The molecule has 3 heteroatoms. The molecule has 2 rings (SSSR count). The first kappa shape index (κ1) is 15.8. The van der Waals surface area contributed by atoms with Crippen LogP contribution in [0.5, 0.6) is 5.75 Å². The fraction of sp³-hybridized carbons (Fsp3) is 0.211. The van der Waals surface area contributed by atoms with Gasteiger partial charge in [0.15, 0.2) is 5.78 Å². The molecule has 2 aromatic rings. The van der Waals surface area contributed by atoms with Gasteiger partial charge in [0.1, 0.15) is 5.75 Å². The van der Waals surface area contributed by atoms with Crippen LogP contribution in [-0.4, -0.2) is 12.4 Å². The number of carbonyl (C=O) groups is 1. The minimum Gasteiger partial charge on any atom is -0.491 e. The Balaban J connectivity index is 2.10. The lowest BCUT2D eigenvalue weighted by molar-refractivity contribution is 0.104. The van der Waals surface area contributed by atoms with Gasteiger partial charge in [-0.3, -0.25) is 4.79 Å². The predicted molar refractivity (Wildman–Crippen MR) is 90.4 cm³/mol. The van der Waals surface area contributed by atoms with Crippen molar-refractivity contribution in [1.29, 1.82) is 0 Å². The van der Waals surface area contributed by atoms with Crippen LogP contribution in [0.15, 0.2) is 66.4 Å². The van der Waals surface area contributed by atoms with E-state index < -0.39 is 0 Å². The molecule has 3 nitrogen and oxygen atoms in total. The molecular formula is C19H21NO2. The van der Waals surface area contributed by atoms with Crippen molar-refractivity contribution in [3.63, 3.8) is 0 Å². The van der Waals surface area contributed by atoms with E-state index in [2.05, 4.69) is 12.2 Å². The van der Waals surface area contributed by atoms with E-state index in [0.717, 1.165) is 23.6 Å². The molecule has 0 saturated heterocycles. The maximum atomic E-state index is 12.2. The van der Waals surface area contributed by atoms with Gasteiger partial charge in [-0.1, -0.05) is 49.4 Å². The fourth-order valence-electron chi connectivity index (χ4n) is 2.04. The van der Waals surface area contributed by atoms with E-state index in [0.29, 0.717) is 12.2 Å². The average molecular weight is 295 g/mol. The summed E-state index contributed by atoms with van der Waals surface area (Å²) in [5, 5.41) is 3.24. The van der Waals surface area contributed by atoms with Crippen molar-refractivity contribution in [3.8, 4) is 5.75 Å². The predicted octanol–water partition coefficient (Wildman–Crippen LogP) is 4.67. The molecule has 0 aliphatic rings. The van der Waals surface area contributed by atoms with Crippen molar-refractivity contribution in [2.24, 2.45) is 0 Å². The number of nitrogens with one attached hydrogen (secondary N) is 1. The van der Waals surface area contributed by atoms with Gasteiger partial charge >= 0.3 is 0 Å². The second-order valence-electron chi connectivity index (χ2n) is 5.03. The van der Waals surface area contributed by atoms with E-state index in [1.165, 1.54) is 0 Å². The van der Waals surface area contributed by atoms with Crippen LogP contribution in [0.4, 0.5) is 5.69 Å². The van der Waals surface area contributed by atoms with Gasteiger partial charge in [-0.2, -0.15) is 0 Å². The molecular weight excluding hydrogens is 274 g/mol. The summed E-state index contributed by atoms with van der Waals surface area (Å²) in [4.78, 5) is 12.2. The highest BCUT2D eigenvalue weighted by atomic mass is 16.5. The molecule has 0 amide bonds. The Hall–Kier alpha value is -2.55. The summed E-state index contributed by atoms with van der Waals surface area (Å²) in [6.07, 6.45) is 2.56. The number of hydrogen-bond acceptors (Lipinski definition) is 3. The van der Waals surface area contributed by atoms with Crippen molar-refractivity contribution in [2.75, 3.05) is 11.9 Å². The largest absolute Gasteiger partial charge is 0.491 e. The molecule has 0 spiro atoms. The molecule has 0 aliphatic carbocycles. The molecule has 0 radical (unpaired) electrons. The Bertz CT molecular complexity index is 647. The van der Waals surface area contributed by atoms with Crippen LogP contribution in [0.3, 0.4) is 0 Å². The third-order valence-electron chi connectivity index (χ3n) is 3.09. The summed E-state index contributed by atoms with van der Waals surface area (Å²) >= 11 is 0. The monoisotopic (exact) mass is 295 g/mol. The normalized spacial score (nSPS) is 11.1. The Morgan fingerprint density at radius 2 is 1.77 bits per heavy atom. The first-order chi connectivity index (χ1) is 10.7. The van der Waals surface area contributed by atoms with Crippen LogP contribution in [0, 0.1) is 0 Å². The first-order valence-electron chi connectivity index (χ1n) is 7.47. The molecule has 0 bridgehead atoms. The number of benzene rings is 2. The standard InChI is InChI=1S/C19H21NO2/c1-3-13-22-19-12-8-7-11-17(19)20-15(2)14-18(21)16-9-5-4-6-10-16/h4-12,14,20H,3,13H2,1-2H3. The molecule has 22 heavy (non-hydrogen) atoms. The van der Waals surface area contributed by atoms with Gasteiger partial charge in [0.05, 0.1) is 12.3 Å². The zero-order valence-electron chi connectivity index (χ0n) is 13.0. The lowest BCUT2D eigenvalue weighted by atomic mass is 10.1. The number of rotatable bonds is 7. The second-order valence-corrected chi connectivity index (χ2v) is 5.03. The fourth-order valence-corrected chi connectivity index (χ4v) is 2.04. The number of hydrogen-bond donors (Lipinski definition) is 1. The summed E-state index contributed by atoms with van der Waals surface area (Å²) in [5.41, 5.74) is 2.33. The van der Waals surface area contributed by atoms with Gasteiger partial charge in [0, 0.05) is 17.3 Å². The van der Waals surface area contributed by atoms with Crippen LogP contribution >= 0.6 is 0 Å². The maximum Gasteiger partial charge on any atom is 0.187 e. The Morgan fingerprint density at radius 3 is 2.50 bits per heavy atom. The highest BCUT2D eigenvalue weighted by molar-refractivity contribution is 6.05. The molecule has 2 aromatic carbocycles. The van der Waals surface area contributed by atoms with Crippen LogP contribution in [0.1, 0.15) is 30.6 Å². The van der Waals surface area contributed by atoms with Gasteiger partial charge in [-0.25, -0.2) is 0 Å². The van der Waals surface area contributed by atoms with E-state index in [4.69, 9.17) is 4.74 Å². The highest BCUT2D eigenvalue weighted by Gasteiger charge is 2.05. The summed E-state index contributed by atoms with van der Waals surface area (Å²) in [7, 11) is 0. The summed E-state index contributed by atoms with van der Waals surface area (Å²) in [5.74, 6) is 0.779. The zero-order chi connectivity index (χ0) is 15.8. The van der Waals surface area contributed by atoms with E-state index in [9.17, 15) is 4.79 Å². The Kier molecular flexibility index (Phi) is 5.78. The number of carbonyl (C=O) groups excluding carboxylic acids is 1. The summed E-state index contributed by atoms with van der Waals surface area (Å²) in [6, 6.07) is 17.0. The average Bonchev–Trinajstić information content (AvgIpc) is 2.54. The highest BCUT2D eigenvalue weighted by Crippen LogP contribution is 2.25. The molecule has 0 saturated carbocycles. The minimum absolute atomic E-state index is 0.0162. The first-order valence-corrected chi connectivity index (χ1v) is 7.47. The lowest BCUT2D eigenvalue weighted by Gasteiger charge is -2.13. The van der Waals surface area contributed by atoms with Crippen molar-refractivity contribution >= 4 is 11.5 Å². The van der Waals surface area contributed by atoms with Crippen molar-refractivity contribution in [2.45, 2.75) is 20.3 Å². The molecule has 1 N–H and O–H groups in total. The van der Waals surface area contributed by atoms with Crippen molar-refractivity contribution < 1.29 is 9.53 Å². The van der Waals surface area contributed by atoms with E-state index >= 15 is 0 Å². The maximum absolute atomic E-state index is 12.2. The molecule has 114 valence electrons. The zero-order valence-corrected chi connectivity index (χ0v) is 13.0. The number of anilines is 1. The molecule has 0 heterocycles. The number of para-hydroxylation sites is 2. The van der Waals surface area contributed by atoms with Crippen LogP contribution in [-0.2, 0) is 0 Å². The van der Waals surface area contributed by atoms with Gasteiger partial charge in [0.2, 0.25) is 0 Å². The number of ketones is 1. The van der Waals surface area contributed by atoms with Crippen molar-refractivity contribution in [3.05, 3.63) is 71.9 Å². The molecule has 0 unspecified atom stereocenters. The third kappa shape index (κ3) is 4.48. The topological polar surface area (TPSA) is 38.3 Å². The third-order valence-corrected chi connectivity index (χ3v) is 3.09. The van der Waals surface area contributed by atoms with E-state index in [1.807, 2.05) is 61.5 Å². The van der Waals surface area contributed by atoms with Gasteiger partial charge in [-0.05, 0) is 25.5 Å². The number of ether oxygens (including phenoxy) is 1. The summed E-state index contributed by atoms with van der Waals surface area (Å²) in [6.45, 7) is 4.61.